The van der Waals surface area contributed by atoms with Gasteiger partial charge in [-0.25, -0.2) is 9.97 Å². The molecule has 42 heavy (non-hydrogen) atoms. The Morgan fingerprint density at radius 2 is 0.952 bits per heavy atom. The van der Waals surface area contributed by atoms with Gasteiger partial charge in [0.15, 0.2) is 24.0 Å². The van der Waals surface area contributed by atoms with Gasteiger partial charge >= 0.3 is 18.5 Å². The van der Waals surface area contributed by atoms with Crippen LogP contribution in [0.1, 0.15) is 16.7 Å². The van der Waals surface area contributed by atoms with Crippen LogP contribution in [0.5, 0.6) is 0 Å². The third kappa shape index (κ3) is 4.54. The SMILES string of the molecule is FC(F)(F)c1cc(-c2ccccc2-c2c3ncoc3c(-c3ccccc3C(F)(F)F)c3ncoc23)cc(C(F)(F)F)c1. The molecule has 4 nitrogen and oxygen atoms in total. The van der Waals surface area contributed by atoms with Gasteiger partial charge in [0.05, 0.1) is 27.8 Å². The summed E-state index contributed by atoms with van der Waals surface area (Å²) in [6.07, 6.45) is -13.0. The van der Waals surface area contributed by atoms with Crippen LogP contribution in [0, 0.1) is 0 Å². The Hall–Kier alpha value is -4.81. The van der Waals surface area contributed by atoms with E-state index < -0.39 is 40.8 Å². The van der Waals surface area contributed by atoms with Crippen LogP contribution < -0.4 is 0 Å². The van der Waals surface area contributed by atoms with E-state index in [1.165, 1.54) is 42.5 Å². The number of oxazole rings is 2. The molecule has 0 fully saturated rings. The van der Waals surface area contributed by atoms with Crippen molar-refractivity contribution >= 4 is 22.2 Å². The number of alkyl halides is 9. The van der Waals surface area contributed by atoms with E-state index in [-0.39, 0.29) is 56.1 Å². The second kappa shape index (κ2) is 9.36. The summed E-state index contributed by atoms with van der Waals surface area (Å²) in [5, 5.41) is 0. The lowest BCUT2D eigenvalue weighted by molar-refractivity contribution is -0.143. The number of halogens is 9. The lowest BCUT2D eigenvalue weighted by Gasteiger charge is -2.17. The van der Waals surface area contributed by atoms with Crippen molar-refractivity contribution < 1.29 is 48.3 Å². The zero-order valence-corrected chi connectivity index (χ0v) is 20.6. The first-order valence-corrected chi connectivity index (χ1v) is 11.9. The lowest BCUT2D eigenvalue weighted by atomic mass is 9.89. The Balaban J connectivity index is 1.68. The van der Waals surface area contributed by atoms with Crippen LogP contribution in [0.4, 0.5) is 39.5 Å². The Labute approximate surface area is 229 Å². The molecular weight excluding hydrogens is 579 g/mol. The Morgan fingerprint density at radius 3 is 1.45 bits per heavy atom. The van der Waals surface area contributed by atoms with Crippen LogP contribution in [0.15, 0.2) is 88.4 Å². The summed E-state index contributed by atoms with van der Waals surface area (Å²) in [4.78, 5) is 8.27. The topological polar surface area (TPSA) is 52.1 Å². The van der Waals surface area contributed by atoms with Crippen molar-refractivity contribution in [2.75, 3.05) is 0 Å². The number of aromatic nitrogens is 2. The fourth-order valence-corrected chi connectivity index (χ4v) is 4.93. The molecule has 0 saturated heterocycles. The number of hydrogen-bond acceptors (Lipinski definition) is 4. The van der Waals surface area contributed by atoms with Gasteiger partial charge in [-0.15, -0.1) is 0 Å². The molecule has 0 aliphatic rings. The largest absolute Gasteiger partial charge is 0.443 e. The number of hydrogen-bond donors (Lipinski definition) is 0. The highest BCUT2D eigenvalue weighted by molar-refractivity contribution is 6.17. The molecule has 214 valence electrons. The van der Waals surface area contributed by atoms with Gasteiger partial charge < -0.3 is 8.83 Å². The molecule has 2 heterocycles. The lowest BCUT2D eigenvalue weighted by Crippen LogP contribution is -2.11. The maximum atomic E-state index is 14.0. The van der Waals surface area contributed by atoms with E-state index in [1.807, 2.05) is 0 Å². The molecular formula is C29H13F9N2O2. The number of rotatable bonds is 3. The first kappa shape index (κ1) is 27.4. The fourth-order valence-electron chi connectivity index (χ4n) is 4.93. The monoisotopic (exact) mass is 592 g/mol. The van der Waals surface area contributed by atoms with E-state index in [0.29, 0.717) is 12.1 Å². The van der Waals surface area contributed by atoms with E-state index >= 15 is 0 Å². The summed E-state index contributed by atoms with van der Waals surface area (Å²) < 4.78 is 135. The predicted octanol–water partition coefficient (Wildman–Crippen LogP) is 10.0. The summed E-state index contributed by atoms with van der Waals surface area (Å²) in [5.41, 5.74) is -5.11. The highest BCUT2D eigenvalue weighted by Crippen LogP contribution is 2.48. The molecule has 0 unspecified atom stereocenters. The minimum Gasteiger partial charge on any atom is -0.443 e. The maximum absolute atomic E-state index is 14.0. The van der Waals surface area contributed by atoms with Crippen LogP contribution in [0.3, 0.4) is 0 Å². The van der Waals surface area contributed by atoms with Gasteiger partial charge in [-0.3, -0.25) is 0 Å². The van der Waals surface area contributed by atoms with Gasteiger partial charge in [0.25, 0.3) is 0 Å². The number of fused-ring (bicyclic) bond motifs is 2. The summed E-state index contributed by atoms with van der Waals surface area (Å²) in [5.74, 6) is 0. The van der Waals surface area contributed by atoms with Gasteiger partial charge in [0.2, 0.25) is 0 Å². The van der Waals surface area contributed by atoms with Crippen LogP contribution in [0.25, 0.3) is 55.6 Å². The zero-order valence-electron chi connectivity index (χ0n) is 20.6. The van der Waals surface area contributed by atoms with Crippen molar-refractivity contribution in [3.8, 4) is 33.4 Å². The predicted molar refractivity (Wildman–Crippen MR) is 133 cm³/mol. The Bertz CT molecular complexity index is 1880. The molecule has 0 N–H and O–H groups in total. The minimum absolute atomic E-state index is 0.0173. The highest BCUT2D eigenvalue weighted by Gasteiger charge is 2.38. The summed E-state index contributed by atoms with van der Waals surface area (Å²) >= 11 is 0. The van der Waals surface area contributed by atoms with Crippen molar-refractivity contribution in [1.82, 2.24) is 9.97 Å². The van der Waals surface area contributed by atoms with Crippen molar-refractivity contribution in [2.45, 2.75) is 18.5 Å². The summed E-state index contributed by atoms with van der Waals surface area (Å²) in [7, 11) is 0. The standard InChI is InChI=1S/C29H13F9N2O2/c30-27(31,32)15-9-14(10-16(11-15)28(33,34)35)17-5-1-2-6-18(17)21-23-26(42-12-39-23)22(24-25(21)41-13-40-24)19-7-3-4-8-20(19)29(36,37)38/h1-13H. The summed E-state index contributed by atoms with van der Waals surface area (Å²) in [6, 6.07) is 11.5. The van der Waals surface area contributed by atoms with Crippen LogP contribution >= 0.6 is 0 Å². The molecule has 0 aliphatic heterocycles. The van der Waals surface area contributed by atoms with E-state index in [1.54, 1.807) is 0 Å². The third-order valence-electron chi connectivity index (χ3n) is 6.66. The third-order valence-corrected chi connectivity index (χ3v) is 6.66. The molecule has 0 atom stereocenters. The number of benzene rings is 4. The van der Waals surface area contributed by atoms with Crippen LogP contribution in [-0.4, -0.2) is 9.97 Å². The van der Waals surface area contributed by atoms with Crippen molar-refractivity contribution in [3.63, 3.8) is 0 Å². The first-order valence-electron chi connectivity index (χ1n) is 11.9. The molecule has 0 bridgehead atoms. The minimum atomic E-state index is -5.09. The van der Waals surface area contributed by atoms with Gasteiger partial charge in [-0.1, -0.05) is 42.5 Å². The molecule has 4 aromatic carbocycles. The zero-order chi connectivity index (χ0) is 30.0. The quantitative estimate of drug-likeness (QED) is 0.192. The van der Waals surface area contributed by atoms with Crippen LogP contribution in [-0.2, 0) is 18.5 Å². The Kier molecular flexibility index (Phi) is 6.10. The van der Waals surface area contributed by atoms with Gasteiger partial charge in [0.1, 0.15) is 11.0 Å². The second-order valence-electron chi connectivity index (χ2n) is 9.19. The molecule has 0 spiro atoms. The normalized spacial score (nSPS) is 12.9. The molecule has 0 amide bonds. The van der Waals surface area contributed by atoms with E-state index in [2.05, 4.69) is 9.97 Å². The van der Waals surface area contributed by atoms with Gasteiger partial charge in [0, 0.05) is 0 Å². The molecule has 6 rings (SSSR count). The maximum Gasteiger partial charge on any atom is 0.417 e. The van der Waals surface area contributed by atoms with Crippen molar-refractivity contribution in [1.29, 1.82) is 0 Å². The first-order chi connectivity index (χ1) is 19.7. The van der Waals surface area contributed by atoms with E-state index in [9.17, 15) is 39.5 Å². The van der Waals surface area contributed by atoms with E-state index in [4.69, 9.17) is 8.83 Å². The van der Waals surface area contributed by atoms with Gasteiger partial charge in [-0.2, -0.15) is 39.5 Å². The summed E-state index contributed by atoms with van der Waals surface area (Å²) in [6.45, 7) is 0. The van der Waals surface area contributed by atoms with Crippen LogP contribution in [0.2, 0.25) is 0 Å². The molecule has 0 saturated carbocycles. The smallest absolute Gasteiger partial charge is 0.417 e. The Morgan fingerprint density at radius 1 is 0.500 bits per heavy atom. The molecule has 13 heteroatoms. The van der Waals surface area contributed by atoms with E-state index in [0.717, 1.165) is 18.9 Å². The van der Waals surface area contributed by atoms with Gasteiger partial charge in [-0.05, 0) is 46.5 Å². The average molecular weight is 592 g/mol. The molecule has 2 aromatic heterocycles. The van der Waals surface area contributed by atoms with Crippen molar-refractivity contribution in [3.05, 3.63) is 96.2 Å². The molecule has 0 radical (unpaired) electrons. The number of nitrogens with zero attached hydrogens (tertiary/aromatic N) is 2. The second-order valence-corrected chi connectivity index (χ2v) is 9.19. The van der Waals surface area contributed by atoms with Crippen molar-refractivity contribution in [2.24, 2.45) is 0 Å². The average Bonchev–Trinajstić information content (AvgIpc) is 3.60. The fraction of sp³-hybridized carbons (Fsp3) is 0.103. The highest BCUT2D eigenvalue weighted by atomic mass is 19.4. The molecule has 0 aliphatic carbocycles. The molecule has 6 aromatic rings.